The van der Waals surface area contributed by atoms with Gasteiger partial charge >= 0.3 is 6.36 Å². The number of hydrogen-bond acceptors (Lipinski definition) is 3. The van der Waals surface area contributed by atoms with E-state index >= 15 is 0 Å². The summed E-state index contributed by atoms with van der Waals surface area (Å²) < 4.78 is 40.7. The predicted octanol–water partition coefficient (Wildman–Crippen LogP) is 3.51. The molecule has 0 fully saturated rings. The first-order valence-corrected chi connectivity index (χ1v) is 8.57. The Bertz CT molecular complexity index is 890. The molecule has 0 aliphatic carbocycles. The lowest BCUT2D eigenvalue weighted by molar-refractivity contribution is -0.274. The lowest BCUT2D eigenvalue weighted by Crippen LogP contribution is -2.38. The van der Waals surface area contributed by atoms with E-state index in [1.807, 2.05) is 24.3 Å². The fraction of sp³-hybridized carbons (Fsp3) is 0.263. The molecule has 2 aromatic carbocycles. The number of alkyl halides is 3. The van der Waals surface area contributed by atoms with Gasteiger partial charge in [-0.15, -0.1) is 37.1 Å². The Hall–Kier alpha value is -2.50. The molecular formula is C19H20F3IN4O2. The van der Waals surface area contributed by atoms with Gasteiger partial charge < -0.3 is 20.7 Å². The highest BCUT2D eigenvalue weighted by Crippen LogP contribution is 2.25. The molecule has 0 unspecified atom stereocenters. The van der Waals surface area contributed by atoms with Crippen molar-refractivity contribution in [3.8, 4) is 5.75 Å². The minimum absolute atomic E-state index is 0. The number of guanidine groups is 1. The molecule has 0 spiro atoms. The van der Waals surface area contributed by atoms with Crippen LogP contribution < -0.4 is 15.8 Å². The molecule has 1 heterocycles. The summed E-state index contributed by atoms with van der Waals surface area (Å²) in [5.74, 6) is -0.628. The maximum atomic E-state index is 12.4. The van der Waals surface area contributed by atoms with Crippen LogP contribution in [0.15, 0.2) is 53.5 Å². The van der Waals surface area contributed by atoms with Crippen LogP contribution >= 0.6 is 24.0 Å². The summed E-state index contributed by atoms with van der Waals surface area (Å²) in [5, 5.41) is 2.65. The van der Waals surface area contributed by atoms with Crippen LogP contribution in [0.2, 0.25) is 0 Å². The first kappa shape index (κ1) is 22.8. The van der Waals surface area contributed by atoms with Crippen molar-refractivity contribution >= 4 is 41.5 Å². The fourth-order valence-electron chi connectivity index (χ4n) is 2.92. The van der Waals surface area contributed by atoms with Crippen molar-refractivity contribution < 1.29 is 22.7 Å². The van der Waals surface area contributed by atoms with E-state index < -0.39 is 6.36 Å². The van der Waals surface area contributed by atoms with Gasteiger partial charge in [-0.2, -0.15) is 0 Å². The molecule has 10 heteroatoms. The Labute approximate surface area is 182 Å². The maximum Gasteiger partial charge on any atom is 0.573 e. The van der Waals surface area contributed by atoms with Crippen molar-refractivity contribution in [1.29, 1.82) is 0 Å². The van der Waals surface area contributed by atoms with Crippen LogP contribution in [0.3, 0.4) is 0 Å². The number of hydrogen-bond donors (Lipinski definition) is 2. The van der Waals surface area contributed by atoms with Gasteiger partial charge in [0.15, 0.2) is 5.96 Å². The largest absolute Gasteiger partial charge is 0.573 e. The second-order valence-corrected chi connectivity index (χ2v) is 6.24. The molecule has 29 heavy (non-hydrogen) atoms. The van der Waals surface area contributed by atoms with Crippen molar-refractivity contribution in [2.45, 2.75) is 19.3 Å². The third-order valence-electron chi connectivity index (χ3n) is 4.21. The zero-order valence-corrected chi connectivity index (χ0v) is 17.6. The van der Waals surface area contributed by atoms with E-state index in [0.717, 1.165) is 18.1 Å². The molecule has 3 rings (SSSR count). The van der Waals surface area contributed by atoms with E-state index in [-0.39, 0.29) is 53.8 Å². The van der Waals surface area contributed by atoms with Crippen molar-refractivity contribution in [2.24, 2.45) is 10.7 Å². The molecule has 0 radical (unpaired) electrons. The molecule has 1 aliphatic heterocycles. The molecule has 0 saturated heterocycles. The highest BCUT2D eigenvalue weighted by molar-refractivity contribution is 14.0. The number of nitrogens with one attached hydrogen (secondary N) is 1. The van der Waals surface area contributed by atoms with Crippen molar-refractivity contribution in [1.82, 2.24) is 4.90 Å². The van der Waals surface area contributed by atoms with Gasteiger partial charge in [-0.05, 0) is 29.7 Å². The Morgan fingerprint density at radius 2 is 1.90 bits per heavy atom. The number of benzene rings is 2. The van der Waals surface area contributed by atoms with Crippen LogP contribution in [0.1, 0.15) is 11.1 Å². The van der Waals surface area contributed by atoms with Crippen LogP contribution in [0.25, 0.3) is 0 Å². The summed E-state index contributed by atoms with van der Waals surface area (Å²) >= 11 is 0. The zero-order chi connectivity index (χ0) is 20.1. The van der Waals surface area contributed by atoms with Crippen LogP contribution in [0, 0.1) is 0 Å². The fourth-order valence-corrected chi connectivity index (χ4v) is 2.92. The number of nitrogens with zero attached hydrogens (tertiary/aromatic N) is 2. The van der Waals surface area contributed by atoms with Gasteiger partial charge in [-0.1, -0.05) is 30.3 Å². The minimum atomic E-state index is -4.78. The Morgan fingerprint density at radius 3 is 2.62 bits per heavy atom. The monoisotopic (exact) mass is 520 g/mol. The molecule has 0 saturated carbocycles. The normalized spacial score (nSPS) is 13.9. The molecule has 1 amide bonds. The summed E-state index contributed by atoms with van der Waals surface area (Å²) in [4.78, 5) is 18.1. The molecular weight excluding hydrogens is 500 g/mol. The third-order valence-corrected chi connectivity index (χ3v) is 4.21. The first-order valence-electron chi connectivity index (χ1n) is 8.57. The van der Waals surface area contributed by atoms with E-state index in [4.69, 9.17) is 5.73 Å². The number of rotatable bonds is 4. The quantitative estimate of drug-likeness (QED) is 0.368. The summed E-state index contributed by atoms with van der Waals surface area (Å²) in [7, 11) is 0. The number of halogens is 4. The zero-order valence-electron chi connectivity index (χ0n) is 15.3. The molecule has 1 aliphatic rings. The molecule has 6 nitrogen and oxygen atoms in total. The number of anilines is 1. The lowest BCUT2D eigenvalue weighted by Gasteiger charge is -2.28. The molecule has 2 aromatic rings. The van der Waals surface area contributed by atoms with Crippen molar-refractivity contribution in [3.63, 3.8) is 0 Å². The van der Waals surface area contributed by atoms with Crippen LogP contribution in [-0.2, 0) is 17.8 Å². The van der Waals surface area contributed by atoms with E-state index in [1.54, 1.807) is 4.90 Å². The number of fused-ring (bicyclic) bond motifs is 1. The van der Waals surface area contributed by atoms with Crippen LogP contribution in [0.4, 0.5) is 18.9 Å². The number of nitrogens with two attached hydrogens (primary N) is 1. The molecule has 0 atom stereocenters. The Balaban J connectivity index is 0.00000300. The number of carbonyl (C=O) groups is 1. The number of carbonyl (C=O) groups excluding carboxylic acids is 1. The number of aliphatic imine (C=N–C) groups is 1. The Morgan fingerprint density at radius 1 is 1.17 bits per heavy atom. The SMILES string of the molecule is I.NC(=NCC(=O)N1CCc2ccccc2C1)Nc1cccc(OC(F)(F)F)c1. The summed E-state index contributed by atoms with van der Waals surface area (Å²) in [6, 6.07) is 13.1. The summed E-state index contributed by atoms with van der Waals surface area (Å²) in [6.07, 6.45) is -4.00. The molecule has 3 N–H and O–H groups in total. The van der Waals surface area contributed by atoms with E-state index in [1.165, 1.54) is 23.8 Å². The van der Waals surface area contributed by atoms with Gasteiger partial charge in [0, 0.05) is 24.8 Å². The average Bonchev–Trinajstić information content (AvgIpc) is 2.64. The van der Waals surface area contributed by atoms with Crippen molar-refractivity contribution in [3.05, 3.63) is 59.7 Å². The topological polar surface area (TPSA) is 80.0 Å². The molecule has 0 aromatic heterocycles. The van der Waals surface area contributed by atoms with Gasteiger partial charge in [0.25, 0.3) is 0 Å². The van der Waals surface area contributed by atoms with Crippen molar-refractivity contribution in [2.75, 3.05) is 18.4 Å². The average molecular weight is 520 g/mol. The Kier molecular flexibility index (Phi) is 7.71. The van der Waals surface area contributed by atoms with Gasteiger partial charge in [0.2, 0.25) is 5.91 Å². The highest BCUT2D eigenvalue weighted by Gasteiger charge is 2.31. The number of amides is 1. The van der Waals surface area contributed by atoms with Crippen LogP contribution in [-0.4, -0.2) is 36.2 Å². The first-order chi connectivity index (χ1) is 13.3. The molecule has 156 valence electrons. The van der Waals surface area contributed by atoms with Gasteiger partial charge in [0.05, 0.1) is 0 Å². The van der Waals surface area contributed by atoms with Gasteiger partial charge in [0.1, 0.15) is 12.3 Å². The summed E-state index contributed by atoms with van der Waals surface area (Å²) in [6.45, 7) is 0.976. The minimum Gasteiger partial charge on any atom is -0.406 e. The predicted molar refractivity (Wildman–Crippen MR) is 114 cm³/mol. The van der Waals surface area contributed by atoms with E-state index in [9.17, 15) is 18.0 Å². The van der Waals surface area contributed by atoms with Gasteiger partial charge in [-0.3, -0.25) is 4.79 Å². The summed E-state index contributed by atoms with van der Waals surface area (Å²) in [5.41, 5.74) is 8.35. The van der Waals surface area contributed by atoms with E-state index in [0.29, 0.717) is 13.1 Å². The van der Waals surface area contributed by atoms with Gasteiger partial charge in [-0.25, -0.2) is 4.99 Å². The smallest absolute Gasteiger partial charge is 0.406 e. The highest BCUT2D eigenvalue weighted by atomic mass is 127. The second kappa shape index (κ2) is 9.81. The molecule has 0 bridgehead atoms. The standard InChI is InChI=1S/C19H19F3N4O2.HI/c20-19(21,22)28-16-7-3-6-15(10-16)25-18(23)24-11-17(27)26-9-8-13-4-1-2-5-14(13)12-26;/h1-7,10H,8-9,11-12H2,(H3,23,24,25);1H. The number of ether oxygens (including phenoxy) is 1. The second-order valence-electron chi connectivity index (χ2n) is 6.24. The maximum absolute atomic E-state index is 12.4. The van der Waals surface area contributed by atoms with Crippen LogP contribution in [0.5, 0.6) is 5.75 Å². The van der Waals surface area contributed by atoms with E-state index in [2.05, 4.69) is 15.0 Å². The lowest BCUT2D eigenvalue weighted by atomic mass is 10.00. The third kappa shape index (κ3) is 6.80.